The number of carbonyl (C=O) groups excluding carboxylic acids is 2. The lowest BCUT2D eigenvalue weighted by Gasteiger charge is -2.36. The van der Waals surface area contributed by atoms with Crippen LogP contribution in [-0.4, -0.2) is 47.8 Å². The Morgan fingerprint density at radius 1 is 0.949 bits per heavy atom. The third kappa shape index (κ3) is 5.49. The molecule has 2 heterocycles. The van der Waals surface area contributed by atoms with E-state index in [1.54, 1.807) is 30.3 Å². The summed E-state index contributed by atoms with van der Waals surface area (Å²) in [6.45, 7) is 4.34. The highest BCUT2D eigenvalue weighted by molar-refractivity contribution is 6.33. The monoisotopic (exact) mass is 544 g/mol. The van der Waals surface area contributed by atoms with E-state index in [-0.39, 0.29) is 28.7 Å². The maximum atomic E-state index is 12.9. The minimum atomic E-state index is -0.507. The first-order valence-electron chi connectivity index (χ1n) is 12.4. The van der Waals surface area contributed by atoms with Gasteiger partial charge in [0.1, 0.15) is 5.76 Å². The summed E-state index contributed by atoms with van der Waals surface area (Å²) in [5.74, 6) is -0.245. The van der Waals surface area contributed by atoms with Crippen LogP contribution in [0.3, 0.4) is 0 Å². The number of nitrogens with zero attached hydrogens (tertiary/aromatic N) is 3. The number of nitro benzene ring substituents is 1. The molecule has 198 valence electrons. The molecule has 2 amide bonds. The van der Waals surface area contributed by atoms with E-state index in [0.717, 1.165) is 16.8 Å². The second-order valence-corrected chi connectivity index (χ2v) is 9.56. The first kappa shape index (κ1) is 26.0. The third-order valence-corrected chi connectivity index (χ3v) is 6.99. The lowest BCUT2D eigenvalue weighted by Crippen LogP contribution is -2.49. The van der Waals surface area contributed by atoms with Crippen LogP contribution in [0, 0.1) is 17.0 Å². The van der Waals surface area contributed by atoms with Crippen molar-refractivity contribution >= 4 is 40.5 Å². The van der Waals surface area contributed by atoms with E-state index >= 15 is 0 Å². The van der Waals surface area contributed by atoms with Crippen molar-refractivity contribution in [2.75, 3.05) is 36.4 Å². The van der Waals surface area contributed by atoms with Crippen LogP contribution in [0.4, 0.5) is 17.1 Å². The van der Waals surface area contributed by atoms with Gasteiger partial charge in [0.05, 0.1) is 21.2 Å². The van der Waals surface area contributed by atoms with Gasteiger partial charge < -0.3 is 19.5 Å². The molecular weight excluding hydrogens is 520 g/mol. The molecule has 4 aromatic rings. The van der Waals surface area contributed by atoms with Crippen molar-refractivity contribution in [3.63, 3.8) is 0 Å². The van der Waals surface area contributed by atoms with E-state index in [1.807, 2.05) is 42.2 Å². The van der Waals surface area contributed by atoms with Crippen molar-refractivity contribution < 1.29 is 18.9 Å². The topological polar surface area (TPSA) is 109 Å². The van der Waals surface area contributed by atoms with Crippen LogP contribution in [0.1, 0.15) is 26.5 Å². The number of piperazine rings is 1. The van der Waals surface area contributed by atoms with Crippen LogP contribution in [0.25, 0.3) is 11.3 Å². The van der Waals surface area contributed by atoms with E-state index < -0.39 is 10.8 Å². The summed E-state index contributed by atoms with van der Waals surface area (Å²) in [5.41, 5.74) is 3.14. The number of para-hydroxylation sites is 1. The summed E-state index contributed by atoms with van der Waals surface area (Å²) in [4.78, 5) is 40.5. The fourth-order valence-corrected chi connectivity index (χ4v) is 4.91. The quantitative estimate of drug-likeness (QED) is 0.234. The molecule has 0 bridgehead atoms. The van der Waals surface area contributed by atoms with Gasteiger partial charge in [-0.1, -0.05) is 41.9 Å². The number of rotatable bonds is 6. The maximum Gasteiger partial charge on any atom is 0.291 e. The highest BCUT2D eigenvalue weighted by Crippen LogP contribution is 2.32. The number of furan rings is 1. The molecule has 0 spiro atoms. The number of halogens is 1. The molecule has 39 heavy (non-hydrogen) atoms. The fourth-order valence-electron chi connectivity index (χ4n) is 4.61. The van der Waals surface area contributed by atoms with Crippen molar-refractivity contribution in [3.8, 4) is 11.3 Å². The number of aryl methyl sites for hydroxylation is 1. The molecule has 1 aliphatic heterocycles. The van der Waals surface area contributed by atoms with Crippen molar-refractivity contribution in [2.24, 2.45) is 0 Å². The van der Waals surface area contributed by atoms with Gasteiger partial charge in [0.2, 0.25) is 0 Å². The molecule has 3 aromatic carbocycles. The average molecular weight is 545 g/mol. The molecule has 0 atom stereocenters. The minimum absolute atomic E-state index is 0.0118. The summed E-state index contributed by atoms with van der Waals surface area (Å²) in [7, 11) is 0. The fraction of sp³-hybridized carbons (Fsp3) is 0.172. The Hall–Kier alpha value is -4.63. The predicted octanol–water partition coefficient (Wildman–Crippen LogP) is 6.03. The SMILES string of the molecule is Cc1ccccc1C(=O)N1CCN(c2ccc(NC(=O)c3ccc(-c4ccccc4[N+](=O)[O-])o3)cc2Cl)CC1. The second-order valence-electron chi connectivity index (χ2n) is 9.15. The van der Waals surface area contributed by atoms with E-state index in [1.165, 1.54) is 18.2 Å². The average Bonchev–Trinajstić information content (AvgIpc) is 3.44. The number of carbonyl (C=O) groups is 2. The lowest BCUT2D eigenvalue weighted by molar-refractivity contribution is -0.384. The molecule has 0 unspecified atom stereocenters. The summed E-state index contributed by atoms with van der Waals surface area (Å²) in [5, 5.41) is 14.5. The van der Waals surface area contributed by atoms with Crippen molar-refractivity contribution in [3.05, 3.63) is 111 Å². The summed E-state index contributed by atoms with van der Waals surface area (Å²) in [6.07, 6.45) is 0. The number of hydrogen-bond donors (Lipinski definition) is 1. The lowest BCUT2D eigenvalue weighted by atomic mass is 10.1. The minimum Gasteiger partial charge on any atom is -0.451 e. The van der Waals surface area contributed by atoms with E-state index in [2.05, 4.69) is 10.2 Å². The molecule has 1 fully saturated rings. The van der Waals surface area contributed by atoms with E-state index in [9.17, 15) is 19.7 Å². The molecule has 5 rings (SSSR count). The summed E-state index contributed by atoms with van der Waals surface area (Å²) >= 11 is 6.58. The van der Waals surface area contributed by atoms with Crippen LogP contribution < -0.4 is 10.2 Å². The molecule has 1 aliphatic rings. The van der Waals surface area contributed by atoms with Gasteiger partial charge in [-0.05, 0) is 55.0 Å². The standard InChI is InChI=1S/C29H25ClN4O5/c1-19-6-2-3-7-21(19)29(36)33-16-14-32(15-17-33)25-11-10-20(18-23(25)30)31-28(35)27-13-12-26(39-27)22-8-4-5-9-24(22)34(37)38/h2-13,18H,14-17H2,1H3,(H,31,35). The molecule has 1 N–H and O–H groups in total. The zero-order valence-electron chi connectivity index (χ0n) is 21.1. The Balaban J connectivity index is 1.22. The zero-order chi connectivity index (χ0) is 27.5. The number of nitro groups is 1. The molecule has 1 saturated heterocycles. The van der Waals surface area contributed by atoms with Gasteiger partial charge in [-0.15, -0.1) is 0 Å². The van der Waals surface area contributed by atoms with Crippen LogP contribution >= 0.6 is 11.6 Å². The largest absolute Gasteiger partial charge is 0.451 e. The van der Waals surface area contributed by atoms with E-state index in [0.29, 0.717) is 36.9 Å². The Labute approximate surface area is 229 Å². The van der Waals surface area contributed by atoms with Crippen LogP contribution in [0.15, 0.2) is 83.3 Å². The van der Waals surface area contributed by atoms with Gasteiger partial charge in [-0.2, -0.15) is 0 Å². The highest BCUT2D eigenvalue weighted by atomic mass is 35.5. The number of nitrogens with one attached hydrogen (secondary N) is 1. The molecule has 10 heteroatoms. The van der Waals surface area contributed by atoms with Crippen LogP contribution in [0.5, 0.6) is 0 Å². The second kappa shape index (κ2) is 11.0. The van der Waals surface area contributed by atoms with Crippen LogP contribution in [0.2, 0.25) is 5.02 Å². The van der Waals surface area contributed by atoms with Gasteiger partial charge in [-0.3, -0.25) is 19.7 Å². The van der Waals surface area contributed by atoms with Crippen molar-refractivity contribution in [2.45, 2.75) is 6.92 Å². The van der Waals surface area contributed by atoms with E-state index in [4.69, 9.17) is 16.0 Å². The Bertz CT molecular complexity index is 1560. The molecule has 0 saturated carbocycles. The first-order valence-corrected chi connectivity index (χ1v) is 12.7. The van der Waals surface area contributed by atoms with Crippen molar-refractivity contribution in [1.29, 1.82) is 0 Å². The summed E-state index contributed by atoms with van der Waals surface area (Å²) in [6, 6.07) is 22.0. The Kier molecular flexibility index (Phi) is 7.33. The predicted molar refractivity (Wildman–Crippen MR) is 149 cm³/mol. The van der Waals surface area contributed by atoms with Gasteiger partial charge in [-0.25, -0.2) is 0 Å². The normalized spacial score (nSPS) is 13.3. The van der Waals surface area contributed by atoms with Gasteiger partial charge in [0.15, 0.2) is 5.76 Å². The molecule has 0 aliphatic carbocycles. The Morgan fingerprint density at radius 3 is 2.38 bits per heavy atom. The number of hydrogen-bond acceptors (Lipinski definition) is 6. The smallest absolute Gasteiger partial charge is 0.291 e. The highest BCUT2D eigenvalue weighted by Gasteiger charge is 2.25. The summed E-state index contributed by atoms with van der Waals surface area (Å²) < 4.78 is 5.62. The molecule has 1 aromatic heterocycles. The molecule has 0 radical (unpaired) electrons. The Morgan fingerprint density at radius 2 is 1.67 bits per heavy atom. The van der Waals surface area contributed by atoms with Crippen molar-refractivity contribution in [1.82, 2.24) is 4.90 Å². The van der Waals surface area contributed by atoms with Gasteiger partial charge in [0.25, 0.3) is 17.5 Å². The first-order chi connectivity index (χ1) is 18.8. The molecular formula is C29H25ClN4O5. The van der Waals surface area contributed by atoms with Gasteiger partial charge >= 0.3 is 0 Å². The number of benzene rings is 3. The number of amides is 2. The third-order valence-electron chi connectivity index (χ3n) is 6.68. The van der Waals surface area contributed by atoms with Gasteiger partial charge in [0, 0.05) is 43.5 Å². The molecule has 9 nitrogen and oxygen atoms in total. The maximum absolute atomic E-state index is 12.9. The van der Waals surface area contributed by atoms with Crippen LogP contribution in [-0.2, 0) is 0 Å². The number of anilines is 2. The zero-order valence-corrected chi connectivity index (χ0v) is 21.9.